The molecule has 134 valence electrons. The Morgan fingerprint density at radius 1 is 1.19 bits per heavy atom. The summed E-state index contributed by atoms with van der Waals surface area (Å²) in [7, 11) is 1.80. The molecule has 26 heavy (non-hydrogen) atoms. The number of nitrogens with one attached hydrogen (secondary N) is 2. The topological polar surface area (TPSA) is 106 Å². The van der Waals surface area contributed by atoms with E-state index in [0.29, 0.717) is 17.1 Å². The summed E-state index contributed by atoms with van der Waals surface area (Å²) in [5.41, 5.74) is 1.63. The zero-order chi connectivity index (χ0) is 18.7. The van der Waals surface area contributed by atoms with E-state index in [2.05, 4.69) is 25.4 Å². The molecular weight excluding hydrogens is 332 g/mol. The second-order valence-corrected chi connectivity index (χ2v) is 6.32. The van der Waals surface area contributed by atoms with Crippen molar-refractivity contribution in [2.75, 3.05) is 0 Å². The Bertz CT molecular complexity index is 958. The van der Waals surface area contributed by atoms with Gasteiger partial charge in [-0.15, -0.1) is 0 Å². The van der Waals surface area contributed by atoms with Crippen molar-refractivity contribution in [2.45, 2.75) is 19.9 Å². The van der Waals surface area contributed by atoms with Crippen LogP contribution in [-0.4, -0.2) is 30.6 Å². The molecule has 2 aromatic heterocycles. The van der Waals surface area contributed by atoms with Crippen LogP contribution in [0, 0.1) is 5.92 Å². The summed E-state index contributed by atoms with van der Waals surface area (Å²) >= 11 is 0. The van der Waals surface area contributed by atoms with Crippen LogP contribution in [0.25, 0.3) is 11.3 Å². The summed E-state index contributed by atoms with van der Waals surface area (Å²) < 4.78 is 1.66. The summed E-state index contributed by atoms with van der Waals surface area (Å²) in [6.45, 7) is 4.03. The van der Waals surface area contributed by atoms with Crippen LogP contribution >= 0.6 is 0 Å². The first-order valence-corrected chi connectivity index (χ1v) is 8.25. The molecule has 0 spiro atoms. The number of aryl methyl sites for hydroxylation is 1. The van der Waals surface area contributed by atoms with Gasteiger partial charge in [-0.05, 0) is 23.6 Å². The monoisotopic (exact) mass is 352 g/mol. The molecular formula is C18H20N6O2. The Labute approximate surface area is 150 Å². The van der Waals surface area contributed by atoms with E-state index in [1.165, 1.54) is 12.5 Å². The quantitative estimate of drug-likeness (QED) is 0.727. The standard InChI is InChI=1S/C18H20N6O2/c1-11(2)16(17-20-10-21-24(17)3)23-18(26)13-6-4-12(5-7-13)14-8-19-9-15(25)22-14/h4-11,16H,1-3H3,(H,22,25)(H,23,26). The van der Waals surface area contributed by atoms with E-state index in [1.54, 1.807) is 42.2 Å². The molecule has 2 N–H and O–H groups in total. The van der Waals surface area contributed by atoms with Crippen LogP contribution in [0.15, 0.2) is 47.8 Å². The van der Waals surface area contributed by atoms with Gasteiger partial charge >= 0.3 is 0 Å². The molecule has 0 fully saturated rings. The van der Waals surface area contributed by atoms with Gasteiger partial charge in [-0.25, -0.2) is 4.98 Å². The number of carbonyl (C=O) groups is 1. The maximum Gasteiger partial charge on any atom is 0.266 e. The first-order chi connectivity index (χ1) is 12.5. The van der Waals surface area contributed by atoms with Crippen molar-refractivity contribution in [3.8, 4) is 11.3 Å². The third kappa shape index (κ3) is 3.69. The molecule has 0 aliphatic rings. The van der Waals surface area contributed by atoms with E-state index >= 15 is 0 Å². The highest BCUT2D eigenvalue weighted by atomic mass is 16.1. The molecule has 2 heterocycles. The third-order valence-electron chi connectivity index (χ3n) is 4.09. The molecule has 0 saturated heterocycles. The van der Waals surface area contributed by atoms with Gasteiger partial charge in [-0.2, -0.15) is 5.10 Å². The lowest BCUT2D eigenvalue weighted by atomic mass is 10.0. The van der Waals surface area contributed by atoms with Gasteiger partial charge in [0.2, 0.25) is 0 Å². The van der Waals surface area contributed by atoms with Crippen molar-refractivity contribution < 1.29 is 4.79 Å². The molecule has 1 aromatic carbocycles. The number of H-pyrrole nitrogens is 1. The Kier molecular flexibility index (Phi) is 4.92. The van der Waals surface area contributed by atoms with Crippen LogP contribution in [0.4, 0.5) is 0 Å². The Hall–Kier alpha value is -3.29. The summed E-state index contributed by atoms with van der Waals surface area (Å²) in [5.74, 6) is 0.664. The van der Waals surface area contributed by atoms with Crippen molar-refractivity contribution in [1.82, 2.24) is 30.0 Å². The summed E-state index contributed by atoms with van der Waals surface area (Å²) in [6.07, 6.45) is 4.25. The summed E-state index contributed by atoms with van der Waals surface area (Å²) in [5, 5.41) is 7.08. The Morgan fingerprint density at radius 3 is 2.50 bits per heavy atom. The van der Waals surface area contributed by atoms with Crippen LogP contribution in [0.5, 0.6) is 0 Å². The van der Waals surface area contributed by atoms with Gasteiger partial charge in [0, 0.05) is 12.6 Å². The number of hydrogen-bond donors (Lipinski definition) is 2. The molecule has 0 saturated carbocycles. The average Bonchev–Trinajstić information content (AvgIpc) is 3.05. The number of rotatable bonds is 5. The lowest BCUT2D eigenvalue weighted by Crippen LogP contribution is -2.33. The lowest BCUT2D eigenvalue weighted by Gasteiger charge is -2.21. The molecule has 8 heteroatoms. The highest BCUT2D eigenvalue weighted by Gasteiger charge is 2.23. The number of carbonyl (C=O) groups excluding carboxylic acids is 1. The summed E-state index contributed by atoms with van der Waals surface area (Å²) in [6, 6.07) is 6.72. The maximum absolute atomic E-state index is 12.6. The molecule has 3 rings (SSSR count). The fourth-order valence-electron chi connectivity index (χ4n) is 2.67. The molecule has 1 unspecified atom stereocenters. The van der Waals surface area contributed by atoms with Crippen LogP contribution in [0.1, 0.15) is 36.1 Å². The zero-order valence-corrected chi connectivity index (χ0v) is 14.8. The predicted molar refractivity (Wildman–Crippen MR) is 96.3 cm³/mol. The van der Waals surface area contributed by atoms with E-state index in [0.717, 1.165) is 5.56 Å². The fourth-order valence-corrected chi connectivity index (χ4v) is 2.67. The first kappa shape index (κ1) is 17.5. The van der Waals surface area contributed by atoms with Gasteiger partial charge in [0.1, 0.15) is 12.2 Å². The fraction of sp³-hybridized carbons (Fsp3) is 0.278. The van der Waals surface area contributed by atoms with Crippen molar-refractivity contribution in [3.63, 3.8) is 0 Å². The van der Waals surface area contributed by atoms with E-state index in [9.17, 15) is 9.59 Å². The molecule has 1 amide bonds. The highest BCUT2D eigenvalue weighted by Crippen LogP contribution is 2.20. The van der Waals surface area contributed by atoms with E-state index in [4.69, 9.17) is 0 Å². The molecule has 0 bridgehead atoms. The van der Waals surface area contributed by atoms with Crippen molar-refractivity contribution in [2.24, 2.45) is 13.0 Å². The third-order valence-corrected chi connectivity index (χ3v) is 4.09. The second kappa shape index (κ2) is 7.30. The normalized spacial score (nSPS) is 12.2. The van der Waals surface area contributed by atoms with Gasteiger partial charge < -0.3 is 10.3 Å². The zero-order valence-electron chi connectivity index (χ0n) is 14.8. The first-order valence-electron chi connectivity index (χ1n) is 8.25. The average molecular weight is 352 g/mol. The van der Waals surface area contributed by atoms with Gasteiger partial charge in [0.25, 0.3) is 11.5 Å². The minimum Gasteiger partial charge on any atom is -0.342 e. The molecule has 1 atom stereocenters. The van der Waals surface area contributed by atoms with Crippen LogP contribution in [0.2, 0.25) is 0 Å². The SMILES string of the molecule is CC(C)C(NC(=O)c1ccc(-c2cncc(=O)[nH]2)cc1)c1ncnn1C. The molecule has 3 aromatic rings. The second-order valence-electron chi connectivity index (χ2n) is 6.32. The largest absolute Gasteiger partial charge is 0.342 e. The van der Waals surface area contributed by atoms with Gasteiger partial charge in [-0.1, -0.05) is 26.0 Å². The van der Waals surface area contributed by atoms with Crippen molar-refractivity contribution in [1.29, 1.82) is 0 Å². The number of hydrogen-bond acceptors (Lipinski definition) is 5. The van der Waals surface area contributed by atoms with Crippen molar-refractivity contribution in [3.05, 3.63) is 64.7 Å². The summed E-state index contributed by atoms with van der Waals surface area (Å²) in [4.78, 5) is 34.8. The number of aromatic nitrogens is 5. The minimum atomic E-state index is -0.271. The Morgan fingerprint density at radius 2 is 1.92 bits per heavy atom. The highest BCUT2D eigenvalue weighted by molar-refractivity contribution is 5.94. The molecule has 0 aliphatic carbocycles. The van der Waals surface area contributed by atoms with Crippen LogP contribution in [-0.2, 0) is 7.05 Å². The van der Waals surface area contributed by atoms with Crippen LogP contribution in [0.3, 0.4) is 0 Å². The Balaban J connectivity index is 1.79. The molecule has 0 radical (unpaired) electrons. The smallest absolute Gasteiger partial charge is 0.266 e. The number of amides is 1. The van der Waals surface area contributed by atoms with Gasteiger partial charge in [0.15, 0.2) is 0 Å². The lowest BCUT2D eigenvalue weighted by molar-refractivity contribution is 0.0922. The van der Waals surface area contributed by atoms with E-state index in [-0.39, 0.29) is 23.4 Å². The van der Waals surface area contributed by atoms with Crippen LogP contribution < -0.4 is 10.9 Å². The number of aromatic amines is 1. The number of benzene rings is 1. The minimum absolute atomic E-state index is 0.154. The van der Waals surface area contributed by atoms with Gasteiger partial charge in [0.05, 0.1) is 24.1 Å². The van der Waals surface area contributed by atoms with E-state index < -0.39 is 0 Å². The van der Waals surface area contributed by atoms with Crippen molar-refractivity contribution >= 4 is 5.91 Å². The predicted octanol–water partition coefficient (Wildman–Crippen LogP) is 1.69. The van der Waals surface area contributed by atoms with Gasteiger partial charge in [-0.3, -0.25) is 19.3 Å². The number of nitrogens with zero attached hydrogens (tertiary/aromatic N) is 4. The molecule has 8 nitrogen and oxygen atoms in total. The maximum atomic E-state index is 12.6. The van der Waals surface area contributed by atoms with E-state index in [1.807, 2.05) is 13.8 Å². The molecule has 0 aliphatic heterocycles.